The number of aromatic nitrogens is 4. The van der Waals surface area contributed by atoms with Gasteiger partial charge in [-0.2, -0.15) is 0 Å². The zero-order valence-electron chi connectivity index (χ0n) is 18.2. The van der Waals surface area contributed by atoms with Crippen LogP contribution in [0.1, 0.15) is 17.5 Å². The van der Waals surface area contributed by atoms with Gasteiger partial charge in [0.05, 0.1) is 36.6 Å². The molecule has 0 saturated carbocycles. The molecule has 0 unspecified atom stereocenters. The quantitative estimate of drug-likeness (QED) is 0.413. The van der Waals surface area contributed by atoms with Crippen molar-refractivity contribution in [2.45, 2.75) is 13.0 Å². The molecule has 5 aromatic rings. The Morgan fingerprint density at radius 2 is 1.38 bits per heavy atom. The number of carbonyl (C=O) groups excluding carboxylic acids is 2. The Labute approximate surface area is 194 Å². The largest absolute Gasteiger partial charge is 0.395 e. The van der Waals surface area contributed by atoms with Crippen LogP contribution in [-0.4, -0.2) is 42.4 Å². The number of hydrogen-bond acceptors (Lipinski definition) is 5. The standard InChI is InChI=1S/C27H20N4O3/c32-10-9-30-14-20(18-5-1-3-7-22(18)30)26-24(33)11-25(34)27(26)21-15-31(17-12-28-16-29-13-17)23-8-4-2-6-19(21)23/h1-8,12-16,32H,9-11H2. The van der Waals surface area contributed by atoms with Crippen LogP contribution in [0.15, 0.2) is 79.6 Å². The molecular weight excluding hydrogens is 428 g/mol. The first kappa shape index (κ1) is 20.3. The molecule has 0 bridgehead atoms. The van der Waals surface area contributed by atoms with E-state index in [1.165, 1.54) is 6.33 Å². The van der Waals surface area contributed by atoms with Crippen molar-refractivity contribution >= 4 is 44.5 Å². The van der Waals surface area contributed by atoms with Crippen LogP contribution in [0, 0.1) is 0 Å². The summed E-state index contributed by atoms with van der Waals surface area (Å²) in [6.07, 6.45) is 8.50. The van der Waals surface area contributed by atoms with Gasteiger partial charge in [0.15, 0.2) is 11.6 Å². The van der Waals surface area contributed by atoms with Gasteiger partial charge in [-0.3, -0.25) is 9.59 Å². The van der Waals surface area contributed by atoms with Crippen molar-refractivity contribution in [1.29, 1.82) is 0 Å². The van der Waals surface area contributed by atoms with Crippen LogP contribution in [0.4, 0.5) is 0 Å². The fraction of sp³-hybridized carbons (Fsp3) is 0.111. The number of allylic oxidation sites excluding steroid dienone is 2. The SMILES string of the molecule is O=C1CC(=O)C(c2cn(-c3cncnc3)c3ccccc23)=C1c1cn(CCO)c2ccccc12. The Morgan fingerprint density at radius 3 is 2.06 bits per heavy atom. The molecule has 34 heavy (non-hydrogen) atoms. The number of ketones is 2. The van der Waals surface area contributed by atoms with Crippen molar-refractivity contribution in [2.75, 3.05) is 6.61 Å². The van der Waals surface area contributed by atoms with Crippen LogP contribution in [0.2, 0.25) is 0 Å². The van der Waals surface area contributed by atoms with Crippen molar-refractivity contribution in [3.8, 4) is 5.69 Å². The van der Waals surface area contributed by atoms with Gasteiger partial charge >= 0.3 is 0 Å². The van der Waals surface area contributed by atoms with Crippen molar-refractivity contribution in [3.63, 3.8) is 0 Å². The lowest BCUT2D eigenvalue weighted by molar-refractivity contribution is -0.119. The predicted molar refractivity (Wildman–Crippen MR) is 129 cm³/mol. The summed E-state index contributed by atoms with van der Waals surface area (Å²) in [5.74, 6) is -0.377. The number of fused-ring (bicyclic) bond motifs is 2. The number of rotatable bonds is 5. The van der Waals surface area contributed by atoms with Gasteiger partial charge in [-0.05, 0) is 12.1 Å². The van der Waals surface area contributed by atoms with Gasteiger partial charge in [0.2, 0.25) is 0 Å². The highest BCUT2D eigenvalue weighted by Crippen LogP contribution is 2.42. The summed E-state index contributed by atoms with van der Waals surface area (Å²) in [7, 11) is 0. The van der Waals surface area contributed by atoms with Crippen LogP contribution in [0.5, 0.6) is 0 Å². The molecular formula is C27H20N4O3. The summed E-state index contributed by atoms with van der Waals surface area (Å²) in [6, 6.07) is 15.5. The Kier molecular flexibility index (Phi) is 4.71. The normalized spacial score (nSPS) is 14.1. The smallest absolute Gasteiger partial charge is 0.172 e. The van der Waals surface area contributed by atoms with Gasteiger partial charge in [-0.25, -0.2) is 9.97 Å². The Bertz CT molecular complexity index is 1630. The van der Waals surface area contributed by atoms with Crippen molar-refractivity contribution in [1.82, 2.24) is 19.1 Å². The highest BCUT2D eigenvalue weighted by atomic mass is 16.3. The third kappa shape index (κ3) is 3.02. The minimum atomic E-state index is -0.189. The molecule has 166 valence electrons. The molecule has 0 spiro atoms. The number of para-hydroxylation sites is 2. The van der Waals surface area contributed by atoms with E-state index in [1.807, 2.05) is 70.1 Å². The fourth-order valence-electron chi connectivity index (χ4n) is 4.92. The Hall–Kier alpha value is -4.36. The molecule has 2 aromatic carbocycles. The zero-order chi connectivity index (χ0) is 23.2. The third-order valence-electron chi connectivity index (χ3n) is 6.33. The summed E-state index contributed by atoms with van der Waals surface area (Å²) < 4.78 is 3.87. The topological polar surface area (TPSA) is 90.0 Å². The second-order valence-electron chi connectivity index (χ2n) is 8.28. The molecule has 7 heteroatoms. The number of aliphatic hydroxyl groups is 1. The van der Waals surface area contributed by atoms with Gasteiger partial charge in [-0.1, -0.05) is 36.4 Å². The van der Waals surface area contributed by atoms with Crippen LogP contribution < -0.4 is 0 Å². The van der Waals surface area contributed by atoms with Crippen LogP contribution in [-0.2, 0) is 16.1 Å². The number of aliphatic hydroxyl groups excluding tert-OH is 1. The van der Waals surface area contributed by atoms with Gasteiger partial charge in [-0.15, -0.1) is 0 Å². The lowest BCUT2D eigenvalue weighted by Gasteiger charge is -2.05. The first-order valence-corrected chi connectivity index (χ1v) is 11.0. The Balaban J connectivity index is 1.66. The molecule has 0 saturated heterocycles. The molecule has 1 aliphatic rings. The lowest BCUT2D eigenvalue weighted by Crippen LogP contribution is -2.00. The van der Waals surface area contributed by atoms with E-state index in [0.717, 1.165) is 33.1 Å². The monoisotopic (exact) mass is 448 g/mol. The molecule has 1 N–H and O–H groups in total. The first-order valence-electron chi connectivity index (χ1n) is 11.0. The van der Waals surface area contributed by atoms with E-state index in [0.29, 0.717) is 23.3 Å². The zero-order valence-corrected chi connectivity index (χ0v) is 18.2. The summed E-state index contributed by atoms with van der Waals surface area (Å²) in [5, 5.41) is 11.3. The molecule has 0 atom stereocenters. The second kappa shape index (κ2) is 7.90. The number of hydrogen-bond donors (Lipinski definition) is 1. The molecule has 1 aliphatic carbocycles. The highest BCUT2D eigenvalue weighted by molar-refractivity contribution is 6.52. The van der Waals surface area contributed by atoms with Gasteiger partial charge < -0.3 is 14.2 Å². The predicted octanol–water partition coefficient (Wildman–Crippen LogP) is 3.82. The maximum atomic E-state index is 13.3. The lowest BCUT2D eigenvalue weighted by atomic mass is 9.95. The van der Waals surface area contributed by atoms with E-state index in [4.69, 9.17) is 0 Å². The fourth-order valence-corrected chi connectivity index (χ4v) is 4.92. The summed E-state index contributed by atoms with van der Waals surface area (Å²) in [6.45, 7) is 0.377. The maximum absolute atomic E-state index is 13.3. The van der Waals surface area contributed by atoms with E-state index in [-0.39, 0.29) is 24.6 Å². The van der Waals surface area contributed by atoms with Crippen molar-refractivity contribution < 1.29 is 14.7 Å². The Morgan fingerprint density at radius 1 is 0.794 bits per heavy atom. The second-order valence-corrected chi connectivity index (χ2v) is 8.28. The van der Waals surface area contributed by atoms with Crippen molar-refractivity contribution in [2.24, 2.45) is 0 Å². The molecule has 3 heterocycles. The van der Waals surface area contributed by atoms with Crippen LogP contribution in [0.25, 0.3) is 38.6 Å². The van der Waals surface area contributed by atoms with E-state index in [2.05, 4.69) is 9.97 Å². The van der Waals surface area contributed by atoms with Gasteiger partial charge in [0, 0.05) is 57.5 Å². The number of carbonyl (C=O) groups is 2. The van der Waals surface area contributed by atoms with E-state index in [1.54, 1.807) is 12.4 Å². The average Bonchev–Trinajstić information content (AvgIpc) is 3.51. The maximum Gasteiger partial charge on any atom is 0.172 e. The molecule has 0 amide bonds. The summed E-state index contributed by atoms with van der Waals surface area (Å²) >= 11 is 0. The van der Waals surface area contributed by atoms with Crippen LogP contribution in [0.3, 0.4) is 0 Å². The molecule has 6 rings (SSSR count). The molecule has 7 nitrogen and oxygen atoms in total. The van der Waals surface area contributed by atoms with Crippen molar-refractivity contribution in [3.05, 3.63) is 90.8 Å². The minimum Gasteiger partial charge on any atom is -0.395 e. The van der Waals surface area contributed by atoms with E-state index in [9.17, 15) is 14.7 Å². The van der Waals surface area contributed by atoms with E-state index < -0.39 is 0 Å². The third-order valence-corrected chi connectivity index (χ3v) is 6.33. The average molecular weight is 448 g/mol. The van der Waals surface area contributed by atoms with Gasteiger partial charge in [0.1, 0.15) is 6.33 Å². The number of nitrogens with zero attached hydrogens (tertiary/aromatic N) is 4. The minimum absolute atomic E-state index is 0.0243. The number of benzene rings is 2. The van der Waals surface area contributed by atoms with Crippen LogP contribution >= 0.6 is 0 Å². The molecule has 0 aliphatic heterocycles. The molecule has 0 radical (unpaired) electrons. The first-order chi connectivity index (χ1) is 16.7. The summed E-state index contributed by atoms with van der Waals surface area (Å²) in [4.78, 5) is 34.8. The van der Waals surface area contributed by atoms with Gasteiger partial charge in [0.25, 0.3) is 0 Å². The van der Waals surface area contributed by atoms with E-state index >= 15 is 0 Å². The number of Topliss-reactive ketones (excluding diaryl/α,β-unsaturated/α-hetero) is 2. The highest BCUT2D eigenvalue weighted by Gasteiger charge is 2.35. The molecule has 3 aromatic heterocycles. The molecule has 0 fully saturated rings. The summed E-state index contributed by atoms with van der Waals surface area (Å²) in [5.41, 5.74) is 4.87.